The lowest BCUT2D eigenvalue weighted by molar-refractivity contribution is -0.238. The van der Waals surface area contributed by atoms with Crippen molar-refractivity contribution in [2.24, 2.45) is 0 Å². The van der Waals surface area contributed by atoms with Gasteiger partial charge in [-0.3, -0.25) is 0 Å². The van der Waals surface area contributed by atoms with E-state index in [1.807, 2.05) is 55.4 Å². The number of fused-ring (bicyclic) bond motifs is 6. The lowest BCUT2D eigenvalue weighted by Gasteiger charge is -2.37. The van der Waals surface area contributed by atoms with Crippen LogP contribution in [0.3, 0.4) is 0 Å². The van der Waals surface area contributed by atoms with Gasteiger partial charge >= 0.3 is 0 Å². The highest BCUT2D eigenvalue weighted by Gasteiger charge is 2.62. The summed E-state index contributed by atoms with van der Waals surface area (Å²) in [6.45, 7) is 14.5. The van der Waals surface area contributed by atoms with Crippen molar-refractivity contribution in [3.8, 4) is 23.6 Å². The van der Waals surface area contributed by atoms with Crippen LogP contribution < -0.4 is 9.47 Å². The molecular weight excluding hydrogens is 604 g/mol. The third-order valence-electron chi connectivity index (χ3n) is 8.66. The average molecular weight is 645 g/mol. The molecule has 6 aliphatic rings. The van der Waals surface area contributed by atoms with Gasteiger partial charge in [0.05, 0.1) is 0 Å². The third kappa shape index (κ3) is 5.75. The monoisotopic (exact) mass is 644 g/mol. The van der Waals surface area contributed by atoms with Gasteiger partial charge in [0.15, 0.2) is 35.7 Å². The van der Waals surface area contributed by atoms with Crippen molar-refractivity contribution < 1.29 is 56.8 Å². The Morgan fingerprint density at radius 3 is 1.22 bits per heavy atom. The van der Waals surface area contributed by atoms with Crippen molar-refractivity contribution in [1.29, 1.82) is 10.5 Å². The molecule has 0 radical (unpaired) electrons. The first-order valence-electron chi connectivity index (χ1n) is 15.5. The van der Waals surface area contributed by atoms with Gasteiger partial charge in [-0.05, 0) is 67.5 Å². The zero-order chi connectivity index (χ0) is 32.8. The van der Waals surface area contributed by atoms with Gasteiger partial charge in [-0.2, -0.15) is 10.5 Å². The molecule has 6 saturated heterocycles. The molecule has 0 bridgehead atoms. The summed E-state index contributed by atoms with van der Waals surface area (Å²) < 4.78 is 73.4. The Morgan fingerprint density at radius 1 is 0.522 bits per heavy atom. The Kier molecular flexibility index (Phi) is 7.62. The van der Waals surface area contributed by atoms with Gasteiger partial charge in [-0.1, -0.05) is 0 Å². The van der Waals surface area contributed by atoms with E-state index < -0.39 is 84.6 Å². The summed E-state index contributed by atoms with van der Waals surface area (Å²) in [5.41, 5.74) is 0.0446. The van der Waals surface area contributed by atoms with Crippen molar-refractivity contribution in [1.82, 2.24) is 0 Å². The zero-order valence-corrected chi connectivity index (χ0v) is 27.1. The molecule has 0 spiro atoms. The van der Waals surface area contributed by atoms with Crippen LogP contribution in [0.2, 0.25) is 0 Å². The highest BCUT2D eigenvalue weighted by atomic mass is 16.9. The number of benzene rings is 1. The number of hydrogen-bond donors (Lipinski definition) is 0. The van der Waals surface area contributed by atoms with Crippen LogP contribution >= 0.6 is 0 Å². The fraction of sp³-hybridized carbons (Fsp3) is 0.750. The number of nitrogens with zero attached hydrogens (tertiary/aromatic N) is 2. The zero-order valence-electron chi connectivity index (χ0n) is 27.1. The molecule has 250 valence electrons. The van der Waals surface area contributed by atoms with E-state index in [1.54, 1.807) is 12.1 Å². The van der Waals surface area contributed by atoms with Gasteiger partial charge in [0.2, 0.25) is 0 Å². The van der Waals surface area contributed by atoms with Crippen molar-refractivity contribution in [3.63, 3.8) is 0 Å². The van der Waals surface area contributed by atoms with Crippen molar-refractivity contribution in [3.05, 3.63) is 23.3 Å². The smallest absolute Gasteiger partial charge is 0.190 e. The maximum absolute atomic E-state index is 10.1. The van der Waals surface area contributed by atoms with Crippen LogP contribution in [0.25, 0.3) is 0 Å². The minimum atomic E-state index is -0.867. The molecule has 0 N–H and O–H groups in total. The molecule has 10 atom stereocenters. The normalized spacial score (nSPS) is 40.6. The van der Waals surface area contributed by atoms with E-state index in [9.17, 15) is 10.5 Å². The van der Waals surface area contributed by atoms with Crippen LogP contribution in [0.4, 0.5) is 0 Å². The van der Waals surface area contributed by atoms with Crippen molar-refractivity contribution >= 4 is 0 Å². The number of ether oxygens (including phenoxy) is 12. The summed E-state index contributed by atoms with van der Waals surface area (Å²) in [6.07, 6.45) is -5.47. The Labute approximate surface area is 267 Å². The lowest BCUT2D eigenvalue weighted by Crippen LogP contribution is -2.56. The topological polar surface area (TPSA) is 158 Å². The molecule has 46 heavy (non-hydrogen) atoms. The summed E-state index contributed by atoms with van der Waals surface area (Å²) in [7, 11) is 0. The van der Waals surface area contributed by atoms with Gasteiger partial charge in [0, 0.05) is 0 Å². The first kappa shape index (κ1) is 32.0. The predicted octanol–water partition coefficient (Wildman–Crippen LogP) is 2.98. The van der Waals surface area contributed by atoms with Gasteiger partial charge in [0.1, 0.15) is 96.8 Å². The first-order chi connectivity index (χ1) is 21.6. The Hall–Kier alpha value is -2.60. The predicted molar refractivity (Wildman–Crippen MR) is 152 cm³/mol. The van der Waals surface area contributed by atoms with E-state index in [1.165, 1.54) is 0 Å². The largest absolute Gasteiger partial charge is 0.489 e. The van der Waals surface area contributed by atoms with Crippen LogP contribution in [0, 0.1) is 22.7 Å². The quantitative estimate of drug-likeness (QED) is 0.445. The summed E-state index contributed by atoms with van der Waals surface area (Å²) in [6, 6.07) is 7.36. The van der Waals surface area contributed by atoms with Gasteiger partial charge in [-0.25, -0.2) is 0 Å². The fourth-order valence-electron chi connectivity index (χ4n) is 7.03. The second kappa shape index (κ2) is 11.0. The molecule has 0 unspecified atom stereocenters. The first-order valence-corrected chi connectivity index (χ1v) is 15.5. The molecule has 14 nitrogen and oxygen atoms in total. The fourth-order valence-corrected chi connectivity index (χ4v) is 7.03. The lowest BCUT2D eigenvalue weighted by atomic mass is 9.99. The molecular formula is C32H40N2O12. The standard InChI is InChI=1S/C32H40N2O12/c1-29(2)39-21-19(37-27-25(23(21)41-29)43-31(5,6)45-27)13-35-17-9-10-18(16(12-34)15(17)11-33)36-14-20-22-24(42-30(3,4)40-22)26-28(38-20)46-32(7,8)44-26/h9-10,19-28H,13-14H2,1-8H3/t19-,20-,21+,22+,23+,24+,25-,26-,27-,28-/m1/s1. The van der Waals surface area contributed by atoms with E-state index >= 15 is 0 Å². The van der Waals surface area contributed by atoms with Crippen LogP contribution in [0.1, 0.15) is 66.5 Å². The van der Waals surface area contributed by atoms with Crippen LogP contribution in [0.5, 0.6) is 11.5 Å². The second-order valence-electron chi connectivity index (χ2n) is 14.1. The van der Waals surface area contributed by atoms with E-state index in [0.717, 1.165) is 0 Å². The summed E-state index contributed by atoms with van der Waals surface area (Å²) in [5.74, 6) is -3.06. The minimum Gasteiger partial charge on any atom is -0.489 e. The summed E-state index contributed by atoms with van der Waals surface area (Å²) >= 11 is 0. The summed E-state index contributed by atoms with van der Waals surface area (Å²) in [4.78, 5) is 0. The highest BCUT2D eigenvalue weighted by molar-refractivity contribution is 5.60. The molecule has 14 heteroatoms. The van der Waals surface area contributed by atoms with Gasteiger partial charge in [-0.15, -0.1) is 0 Å². The Balaban J connectivity index is 1.06. The number of hydrogen-bond acceptors (Lipinski definition) is 14. The molecule has 0 amide bonds. The van der Waals surface area contributed by atoms with Crippen molar-refractivity contribution in [2.75, 3.05) is 13.2 Å². The molecule has 7 rings (SSSR count). The van der Waals surface area contributed by atoms with Crippen LogP contribution in [-0.2, 0) is 47.4 Å². The van der Waals surface area contributed by atoms with E-state index in [2.05, 4.69) is 12.1 Å². The molecule has 1 aromatic carbocycles. The Morgan fingerprint density at radius 2 is 0.848 bits per heavy atom. The van der Waals surface area contributed by atoms with E-state index in [-0.39, 0.29) is 35.8 Å². The SMILES string of the molecule is CC1(C)O[C@H]2[C@@H](O1)[C@@H](COc1ccc(OC[C@H]3O[C@@H]4OC(C)(C)O[C@@H]4[C@H]4OC(C)(C)O[C@H]43)c(C#N)c1C#N)O[C@@H]1OC(C)(C)O[C@@H]12. The molecule has 6 fully saturated rings. The maximum Gasteiger partial charge on any atom is 0.190 e. The molecule has 0 aliphatic carbocycles. The van der Waals surface area contributed by atoms with Gasteiger partial charge in [0.25, 0.3) is 0 Å². The molecule has 0 aromatic heterocycles. The average Bonchev–Trinajstić information content (AvgIpc) is 3.66. The summed E-state index contributed by atoms with van der Waals surface area (Å²) in [5, 5.41) is 20.2. The highest BCUT2D eigenvalue weighted by Crippen LogP contribution is 2.46. The minimum absolute atomic E-state index is 0.000445. The Bertz CT molecular complexity index is 1340. The van der Waals surface area contributed by atoms with Crippen molar-refractivity contribution in [2.45, 2.75) is 140 Å². The van der Waals surface area contributed by atoms with Crippen LogP contribution in [-0.4, -0.2) is 97.8 Å². The van der Waals surface area contributed by atoms with Crippen LogP contribution in [0.15, 0.2) is 12.1 Å². The third-order valence-corrected chi connectivity index (χ3v) is 8.66. The molecule has 6 heterocycles. The number of rotatable bonds is 6. The molecule has 1 aromatic rings. The second-order valence-corrected chi connectivity index (χ2v) is 14.1. The maximum atomic E-state index is 10.1. The number of nitriles is 2. The molecule has 0 saturated carbocycles. The molecule has 6 aliphatic heterocycles. The van der Waals surface area contributed by atoms with E-state index in [0.29, 0.717) is 0 Å². The van der Waals surface area contributed by atoms with E-state index in [4.69, 9.17) is 56.8 Å². The van der Waals surface area contributed by atoms with Gasteiger partial charge < -0.3 is 56.8 Å².